The fraction of sp³-hybridized carbons (Fsp3) is 0.292. The van der Waals surface area contributed by atoms with Gasteiger partial charge in [0.2, 0.25) is 5.13 Å². The number of nitrogens with zero attached hydrogens (tertiary/aromatic N) is 3. The SMILES string of the molecule is CCSc1ccc(C(=O)Nc2cc(C)nn2-c2nc3ccc(C(C)(C)C)cc3s2)cc1. The summed E-state index contributed by atoms with van der Waals surface area (Å²) in [5, 5.41) is 8.31. The minimum absolute atomic E-state index is 0.0744. The van der Waals surface area contributed by atoms with E-state index >= 15 is 0 Å². The van der Waals surface area contributed by atoms with E-state index in [1.54, 1.807) is 27.8 Å². The molecule has 0 radical (unpaired) electrons. The molecule has 160 valence electrons. The molecule has 7 heteroatoms. The molecule has 0 aliphatic rings. The van der Waals surface area contributed by atoms with Crippen molar-refractivity contribution in [3.63, 3.8) is 0 Å². The fourth-order valence-electron chi connectivity index (χ4n) is 3.26. The first-order valence-corrected chi connectivity index (χ1v) is 12.1. The normalized spacial score (nSPS) is 11.8. The molecule has 0 spiro atoms. The molecule has 31 heavy (non-hydrogen) atoms. The summed E-state index contributed by atoms with van der Waals surface area (Å²) in [5.41, 5.74) is 3.71. The van der Waals surface area contributed by atoms with Crippen LogP contribution in [0.25, 0.3) is 15.3 Å². The van der Waals surface area contributed by atoms with Gasteiger partial charge in [0.1, 0.15) is 5.82 Å². The molecule has 0 saturated carbocycles. The largest absolute Gasteiger partial charge is 0.306 e. The van der Waals surface area contributed by atoms with Crippen molar-refractivity contribution in [2.24, 2.45) is 0 Å². The van der Waals surface area contributed by atoms with E-state index in [1.807, 2.05) is 37.3 Å². The molecular formula is C24H26N4OS2. The van der Waals surface area contributed by atoms with E-state index in [4.69, 9.17) is 4.98 Å². The Morgan fingerprint density at radius 2 is 1.87 bits per heavy atom. The number of hydrogen-bond donors (Lipinski definition) is 1. The second-order valence-electron chi connectivity index (χ2n) is 8.42. The quantitative estimate of drug-likeness (QED) is 0.355. The number of carbonyl (C=O) groups excluding carboxylic acids is 1. The lowest BCUT2D eigenvalue weighted by molar-refractivity contribution is 0.102. The van der Waals surface area contributed by atoms with Crippen molar-refractivity contribution in [3.8, 4) is 5.13 Å². The van der Waals surface area contributed by atoms with Crippen molar-refractivity contribution < 1.29 is 4.79 Å². The number of nitrogens with one attached hydrogen (secondary N) is 1. The summed E-state index contributed by atoms with van der Waals surface area (Å²) in [6, 6.07) is 15.9. The van der Waals surface area contributed by atoms with E-state index in [1.165, 1.54) is 5.56 Å². The number of aryl methyl sites for hydroxylation is 1. The summed E-state index contributed by atoms with van der Waals surface area (Å²) in [6.45, 7) is 10.6. The maximum atomic E-state index is 12.8. The number of fused-ring (bicyclic) bond motifs is 1. The number of hydrogen-bond acceptors (Lipinski definition) is 5. The van der Waals surface area contributed by atoms with Crippen LogP contribution in [0.15, 0.2) is 53.4 Å². The molecule has 4 rings (SSSR count). The Morgan fingerprint density at radius 3 is 2.55 bits per heavy atom. The number of thiazole rings is 1. The van der Waals surface area contributed by atoms with E-state index in [-0.39, 0.29) is 11.3 Å². The molecule has 1 N–H and O–H groups in total. The average molecular weight is 451 g/mol. The van der Waals surface area contributed by atoms with Crippen LogP contribution in [0.2, 0.25) is 0 Å². The van der Waals surface area contributed by atoms with Crippen molar-refractivity contribution in [2.75, 3.05) is 11.1 Å². The van der Waals surface area contributed by atoms with Crippen molar-refractivity contribution in [1.82, 2.24) is 14.8 Å². The number of anilines is 1. The Hall–Kier alpha value is -2.64. The van der Waals surface area contributed by atoms with Crippen LogP contribution < -0.4 is 5.32 Å². The van der Waals surface area contributed by atoms with Crippen LogP contribution in [0, 0.1) is 6.92 Å². The van der Waals surface area contributed by atoms with E-state index < -0.39 is 0 Å². The molecule has 2 aromatic carbocycles. The average Bonchev–Trinajstić information content (AvgIpc) is 3.30. The van der Waals surface area contributed by atoms with E-state index in [9.17, 15) is 4.79 Å². The lowest BCUT2D eigenvalue weighted by Gasteiger charge is -2.18. The van der Waals surface area contributed by atoms with Gasteiger partial charge in [0, 0.05) is 16.5 Å². The monoisotopic (exact) mass is 450 g/mol. The Kier molecular flexibility index (Phi) is 5.90. The highest BCUT2D eigenvalue weighted by Crippen LogP contribution is 2.31. The summed E-state index contributed by atoms with van der Waals surface area (Å²) < 4.78 is 2.83. The van der Waals surface area contributed by atoms with Gasteiger partial charge < -0.3 is 5.32 Å². The number of rotatable bonds is 5. The number of amides is 1. The van der Waals surface area contributed by atoms with Gasteiger partial charge in [-0.2, -0.15) is 9.78 Å². The molecule has 2 heterocycles. The zero-order valence-electron chi connectivity index (χ0n) is 18.4. The third kappa shape index (κ3) is 4.67. The van der Waals surface area contributed by atoms with Crippen LogP contribution in [0.5, 0.6) is 0 Å². The number of aromatic nitrogens is 3. The highest BCUT2D eigenvalue weighted by Gasteiger charge is 2.18. The van der Waals surface area contributed by atoms with E-state index in [0.29, 0.717) is 11.4 Å². The van der Waals surface area contributed by atoms with Crippen LogP contribution in [0.4, 0.5) is 5.82 Å². The highest BCUT2D eigenvalue weighted by molar-refractivity contribution is 7.99. The van der Waals surface area contributed by atoms with Crippen LogP contribution >= 0.6 is 23.1 Å². The van der Waals surface area contributed by atoms with E-state index in [0.717, 1.165) is 31.7 Å². The van der Waals surface area contributed by atoms with Gasteiger partial charge in [-0.1, -0.05) is 45.1 Å². The fourth-order valence-corrected chi connectivity index (χ4v) is 4.89. The van der Waals surface area contributed by atoms with Crippen LogP contribution in [-0.4, -0.2) is 26.4 Å². The maximum absolute atomic E-state index is 12.8. The van der Waals surface area contributed by atoms with Gasteiger partial charge in [-0.25, -0.2) is 4.98 Å². The minimum atomic E-state index is -0.162. The lowest BCUT2D eigenvalue weighted by Crippen LogP contribution is -2.15. The van der Waals surface area contributed by atoms with Gasteiger partial charge in [-0.05, 0) is 60.1 Å². The van der Waals surface area contributed by atoms with Gasteiger partial charge in [0.05, 0.1) is 15.9 Å². The molecule has 0 bridgehead atoms. The smallest absolute Gasteiger partial charge is 0.256 e. The summed E-state index contributed by atoms with van der Waals surface area (Å²) in [7, 11) is 0. The highest BCUT2D eigenvalue weighted by atomic mass is 32.2. The summed E-state index contributed by atoms with van der Waals surface area (Å²) >= 11 is 3.33. The molecular weight excluding hydrogens is 424 g/mol. The maximum Gasteiger partial charge on any atom is 0.256 e. The van der Waals surface area contributed by atoms with Crippen molar-refractivity contribution in [3.05, 3.63) is 65.4 Å². The number of benzene rings is 2. The summed E-state index contributed by atoms with van der Waals surface area (Å²) in [5.74, 6) is 1.46. The first-order valence-electron chi connectivity index (χ1n) is 10.3. The molecule has 0 saturated heterocycles. The Balaban J connectivity index is 1.63. The van der Waals surface area contributed by atoms with Gasteiger partial charge in [-0.3, -0.25) is 4.79 Å². The molecule has 1 amide bonds. The van der Waals surface area contributed by atoms with Gasteiger partial charge in [0.25, 0.3) is 5.91 Å². The zero-order chi connectivity index (χ0) is 22.2. The molecule has 0 aliphatic carbocycles. The lowest BCUT2D eigenvalue weighted by atomic mass is 9.87. The second kappa shape index (κ2) is 8.48. The van der Waals surface area contributed by atoms with Crippen LogP contribution in [0.3, 0.4) is 0 Å². The van der Waals surface area contributed by atoms with Crippen molar-refractivity contribution in [2.45, 2.75) is 44.9 Å². The number of carbonyl (C=O) groups is 1. The van der Waals surface area contributed by atoms with Crippen molar-refractivity contribution >= 4 is 45.0 Å². The zero-order valence-corrected chi connectivity index (χ0v) is 20.0. The molecule has 0 aliphatic heterocycles. The third-order valence-electron chi connectivity index (χ3n) is 4.93. The first-order chi connectivity index (χ1) is 14.7. The molecule has 0 unspecified atom stereocenters. The summed E-state index contributed by atoms with van der Waals surface area (Å²) in [6.07, 6.45) is 0. The van der Waals surface area contributed by atoms with Gasteiger partial charge >= 0.3 is 0 Å². The van der Waals surface area contributed by atoms with Gasteiger partial charge in [-0.15, -0.1) is 11.8 Å². The van der Waals surface area contributed by atoms with Crippen LogP contribution in [0.1, 0.15) is 49.3 Å². The molecule has 0 atom stereocenters. The predicted molar refractivity (Wildman–Crippen MR) is 131 cm³/mol. The van der Waals surface area contributed by atoms with Crippen molar-refractivity contribution in [1.29, 1.82) is 0 Å². The second-order valence-corrected chi connectivity index (χ2v) is 10.8. The van der Waals surface area contributed by atoms with E-state index in [2.05, 4.69) is 56.3 Å². The molecule has 4 aromatic rings. The van der Waals surface area contributed by atoms with Crippen LogP contribution in [-0.2, 0) is 5.41 Å². The summed E-state index contributed by atoms with van der Waals surface area (Å²) in [4.78, 5) is 18.7. The number of thioether (sulfide) groups is 1. The molecule has 0 fully saturated rings. The molecule has 2 aromatic heterocycles. The van der Waals surface area contributed by atoms with Gasteiger partial charge in [0.15, 0.2) is 0 Å². The Bertz CT molecular complexity index is 1230. The Morgan fingerprint density at radius 1 is 1.13 bits per heavy atom. The standard InChI is InChI=1S/C24H26N4OS2/c1-6-30-18-10-7-16(8-11-18)22(29)26-21-13-15(2)27-28(21)23-25-19-12-9-17(24(3,4)5)14-20(19)31-23/h7-14H,6H2,1-5H3,(H,26,29). The Labute approximate surface area is 190 Å². The minimum Gasteiger partial charge on any atom is -0.306 e. The topological polar surface area (TPSA) is 59.8 Å². The predicted octanol–water partition coefficient (Wildman–Crippen LogP) is 6.45. The third-order valence-corrected chi connectivity index (χ3v) is 6.81. The molecule has 5 nitrogen and oxygen atoms in total. The first kappa shape index (κ1) is 21.6.